The number of benzene rings is 2. The Hall–Kier alpha value is -2.29. The molecular weight excluding hydrogens is 485 g/mol. The summed E-state index contributed by atoms with van der Waals surface area (Å²) in [5.74, 6) is -0.532. The summed E-state index contributed by atoms with van der Waals surface area (Å²) in [6.07, 6.45) is 1.45. The van der Waals surface area contributed by atoms with Crippen LogP contribution < -0.4 is 9.62 Å². The van der Waals surface area contributed by atoms with Crippen LogP contribution in [0.1, 0.15) is 32.3 Å². The van der Waals surface area contributed by atoms with Gasteiger partial charge in [-0.25, -0.2) is 8.42 Å². The summed E-state index contributed by atoms with van der Waals surface area (Å²) in [5.41, 5.74) is 1.19. The molecule has 0 fully saturated rings. The number of carbonyl (C=O) groups is 2. The number of nitrogens with zero attached hydrogens (tertiary/aromatic N) is 2. The van der Waals surface area contributed by atoms with Crippen LogP contribution >= 0.6 is 23.2 Å². The summed E-state index contributed by atoms with van der Waals surface area (Å²) in [6, 6.07) is 12.9. The number of sulfonamides is 1. The van der Waals surface area contributed by atoms with Crippen molar-refractivity contribution in [2.75, 3.05) is 23.7 Å². The molecule has 0 radical (unpaired) electrons. The van der Waals surface area contributed by atoms with Gasteiger partial charge in [-0.1, -0.05) is 41.4 Å². The first-order valence-electron chi connectivity index (χ1n) is 10.6. The van der Waals surface area contributed by atoms with E-state index >= 15 is 0 Å². The van der Waals surface area contributed by atoms with E-state index < -0.39 is 16.1 Å². The third-order valence-corrected chi connectivity index (χ3v) is 6.90. The molecule has 2 amide bonds. The summed E-state index contributed by atoms with van der Waals surface area (Å²) in [6.45, 7) is 4.20. The monoisotopic (exact) mass is 513 g/mol. The molecule has 0 heterocycles. The van der Waals surface area contributed by atoms with Crippen molar-refractivity contribution in [3.63, 3.8) is 0 Å². The molecule has 1 N–H and O–H groups in total. The van der Waals surface area contributed by atoms with Crippen molar-refractivity contribution in [1.82, 2.24) is 10.2 Å². The lowest BCUT2D eigenvalue weighted by molar-refractivity contribution is -0.140. The fourth-order valence-electron chi connectivity index (χ4n) is 3.33. The number of hydrogen-bond donors (Lipinski definition) is 1. The third kappa shape index (κ3) is 7.91. The van der Waals surface area contributed by atoms with Gasteiger partial charge in [0.2, 0.25) is 21.8 Å². The van der Waals surface area contributed by atoms with Crippen LogP contribution in [0.2, 0.25) is 10.0 Å². The highest BCUT2D eigenvalue weighted by molar-refractivity contribution is 7.92. The number of nitrogens with one attached hydrogen (secondary N) is 1. The van der Waals surface area contributed by atoms with Crippen LogP contribution in [0.5, 0.6) is 0 Å². The van der Waals surface area contributed by atoms with Gasteiger partial charge in [0, 0.05) is 36.1 Å². The van der Waals surface area contributed by atoms with E-state index in [1.165, 1.54) is 9.21 Å². The van der Waals surface area contributed by atoms with Crippen LogP contribution in [-0.4, -0.2) is 50.5 Å². The SMILES string of the molecule is CCNC(=O)[C@@H](C)N(Cc1ccccc1Cl)C(=O)CCCN(c1ccc(Cl)cc1)S(C)(=O)=O. The molecule has 0 unspecified atom stereocenters. The van der Waals surface area contributed by atoms with E-state index in [2.05, 4.69) is 5.32 Å². The van der Waals surface area contributed by atoms with Crippen molar-refractivity contribution in [3.8, 4) is 0 Å². The molecule has 10 heteroatoms. The van der Waals surface area contributed by atoms with Crippen molar-refractivity contribution < 1.29 is 18.0 Å². The number of hydrogen-bond acceptors (Lipinski definition) is 4. The van der Waals surface area contributed by atoms with Crippen molar-refractivity contribution >= 4 is 50.7 Å². The molecular formula is C23H29Cl2N3O4S. The van der Waals surface area contributed by atoms with Crippen LogP contribution in [0.15, 0.2) is 48.5 Å². The van der Waals surface area contributed by atoms with Gasteiger partial charge in [0.05, 0.1) is 11.9 Å². The second-order valence-electron chi connectivity index (χ2n) is 7.60. The van der Waals surface area contributed by atoms with Gasteiger partial charge >= 0.3 is 0 Å². The fraction of sp³-hybridized carbons (Fsp3) is 0.391. The Morgan fingerprint density at radius 1 is 1.06 bits per heavy atom. The Balaban J connectivity index is 2.15. The highest BCUT2D eigenvalue weighted by Gasteiger charge is 2.26. The largest absolute Gasteiger partial charge is 0.355 e. The summed E-state index contributed by atoms with van der Waals surface area (Å²) >= 11 is 12.2. The molecule has 0 aliphatic carbocycles. The zero-order valence-corrected chi connectivity index (χ0v) is 21.3. The van der Waals surface area contributed by atoms with E-state index in [4.69, 9.17) is 23.2 Å². The Morgan fingerprint density at radius 3 is 2.27 bits per heavy atom. The number of likely N-dealkylation sites (N-methyl/N-ethyl adjacent to an activating group) is 1. The number of carbonyl (C=O) groups excluding carboxylic acids is 2. The summed E-state index contributed by atoms with van der Waals surface area (Å²) in [5, 5.41) is 3.74. The summed E-state index contributed by atoms with van der Waals surface area (Å²) < 4.78 is 25.8. The van der Waals surface area contributed by atoms with E-state index in [1.54, 1.807) is 56.3 Å². The topological polar surface area (TPSA) is 86.8 Å². The van der Waals surface area contributed by atoms with Crippen molar-refractivity contribution in [1.29, 1.82) is 0 Å². The molecule has 33 heavy (non-hydrogen) atoms. The van der Waals surface area contributed by atoms with E-state index in [1.807, 2.05) is 6.07 Å². The molecule has 0 aliphatic heterocycles. The number of rotatable bonds is 11. The van der Waals surface area contributed by atoms with Crippen LogP contribution in [0.3, 0.4) is 0 Å². The molecule has 2 rings (SSSR count). The van der Waals surface area contributed by atoms with Crippen LogP contribution in [0.4, 0.5) is 5.69 Å². The van der Waals surface area contributed by atoms with Gasteiger partial charge in [-0.05, 0) is 56.2 Å². The number of halogens is 2. The Morgan fingerprint density at radius 2 is 1.70 bits per heavy atom. The molecule has 7 nitrogen and oxygen atoms in total. The lowest BCUT2D eigenvalue weighted by Gasteiger charge is -2.29. The van der Waals surface area contributed by atoms with E-state index in [9.17, 15) is 18.0 Å². The Kier molecular flexibility index (Phi) is 10.0. The lowest BCUT2D eigenvalue weighted by atomic mass is 10.1. The Bertz CT molecular complexity index is 1060. The first-order valence-corrected chi connectivity index (χ1v) is 13.2. The molecule has 1 atom stereocenters. The van der Waals surface area contributed by atoms with Gasteiger partial charge in [-0.3, -0.25) is 13.9 Å². The van der Waals surface area contributed by atoms with Gasteiger partial charge in [-0.15, -0.1) is 0 Å². The average Bonchev–Trinajstić information content (AvgIpc) is 2.75. The molecule has 0 bridgehead atoms. The summed E-state index contributed by atoms with van der Waals surface area (Å²) in [7, 11) is -3.56. The maximum atomic E-state index is 13.1. The van der Waals surface area contributed by atoms with Crippen molar-refractivity contribution in [3.05, 3.63) is 64.1 Å². The zero-order chi connectivity index (χ0) is 24.6. The minimum Gasteiger partial charge on any atom is -0.355 e. The summed E-state index contributed by atoms with van der Waals surface area (Å²) in [4.78, 5) is 27.1. The normalized spacial score (nSPS) is 12.2. The predicted octanol–water partition coefficient (Wildman–Crippen LogP) is 4.09. The van der Waals surface area contributed by atoms with Crippen molar-refractivity contribution in [2.24, 2.45) is 0 Å². The van der Waals surface area contributed by atoms with E-state index in [-0.39, 0.29) is 37.7 Å². The fourth-order valence-corrected chi connectivity index (χ4v) is 4.61. The quantitative estimate of drug-likeness (QED) is 0.490. The van der Waals surface area contributed by atoms with Crippen LogP contribution in [0, 0.1) is 0 Å². The van der Waals surface area contributed by atoms with Gasteiger partial charge < -0.3 is 10.2 Å². The highest BCUT2D eigenvalue weighted by atomic mass is 35.5. The second-order valence-corrected chi connectivity index (χ2v) is 10.3. The molecule has 0 saturated carbocycles. The molecule has 0 aliphatic rings. The maximum absolute atomic E-state index is 13.1. The van der Waals surface area contributed by atoms with Crippen LogP contribution in [0.25, 0.3) is 0 Å². The van der Waals surface area contributed by atoms with Gasteiger partial charge in [-0.2, -0.15) is 0 Å². The first kappa shape index (κ1) is 27.0. The molecule has 2 aromatic rings. The van der Waals surface area contributed by atoms with Crippen LogP contribution in [-0.2, 0) is 26.2 Å². The molecule has 0 aromatic heterocycles. The lowest BCUT2D eigenvalue weighted by Crippen LogP contribution is -2.47. The standard InChI is InChI=1S/C23H29Cl2N3O4S/c1-4-26-23(30)17(2)27(16-18-8-5-6-9-21(18)25)22(29)10-7-15-28(33(3,31)32)20-13-11-19(24)12-14-20/h5-6,8-9,11-14,17H,4,7,10,15-16H2,1-3H3,(H,26,30)/t17-/m1/s1. The maximum Gasteiger partial charge on any atom is 0.242 e. The second kappa shape index (κ2) is 12.3. The van der Waals surface area contributed by atoms with E-state index in [0.717, 1.165) is 11.8 Å². The van der Waals surface area contributed by atoms with Crippen molar-refractivity contribution in [2.45, 2.75) is 39.3 Å². The minimum absolute atomic E-state index is 0.0633. The van der Waals surface area contributed by atoms with Gasteiger partial charge in [0.1, 0.15) is 6.04 Å². The Labute approximate surface area is 205 Å². The highest BCUT2D eigenvalue weighted by Crippen LogP contribution is 2.22. The first-order chi connectivity index (χ1) is 15.5. The molecule has 2 aromatic carbocycles. The van der Waals surface area contributed by atoms with E-state index in [0.29, 0.717) is 22.3 Å². The zero-order valence-electron chi connectivity index (χ0n) is 18.9. The third-order valence-electron chi connectivity index (χ3n) is 5.08. The van der Waals surface area contributed by atoms with Gasteiger partial charge in [0.15, 0.2) is 0 Å². The molecule has 0 saturated heterocycles. The smallest absolute Gasteiger partial charge is 0.242 e. The number of anilines is 1. The van der Waals surface area contributed by atoms with Gasteiger partial charge in [0.25, 0.3) is 0 Å². The minimum atomic E-state index is -3.56. The number of amides is 2. The molecule has 180 valence electrons. The average molecular weight is 514 g/mol. The predicted molar refractivity (Wildman–Crippen MR) is 133 cm³/mol. The molecule has 0 spiro atoms.